The van der Waals surface area contributed by atoms with Crippen molar-refractivity contribution in [3.8, 4) is 5.69 Å². The van der Waals surface area contributed by atoms with Crippen LogP contribution in [-0.4, -0.2) is 22.4 Å². The van der Waals surface area contributed by atoms with Crippen molar-refractivity contribution in [3.05, 3.63) is 88.4 Å². The fourth-order valence-electron chi connectivity index (χ4n) is 3.03. The maximum atomic E-state index is 13.6. The Morgan fingerprint density at radius 1 is 0.931 bits per heavy atom. The Kier molecular flexibility index (Phi) is 4.85. The third-order valence-electron chi connectivity index (χ3n) is 4.33. The van der Waals surface area contributed by atoms with Gasteiger partial charge in [0.15, 0.2) is 0 Å². The molecule has 144 valence electrons. The van der Waals surface area contributed by atoms with Gasteiger partial charge in [-0.3, -0.25) is 14.9 Å². The van der Waals surface area contributed by atoms with Gasteiger partial charge in [0.2, 0.25) is 0 Å². The highest BCUT2D eigenvalue weighted by Crippen LogP contribution is 2.24. The molecule has 1 N–H and O–H groups in total. The van der Waals surface area contributed by atoms with Gasteiger partial charge >= 0.3 is 6.03 Å². The van der Waals surface area contributed by atoms with Gasteiger partial charge in [0.05, 0.1) is 5.69 Å². The van der Waals surface area contributed by atoms with Crippen molar-refractivity contribution in [1.29, 1.82) is 0 Å². The summed E-state index contributed by atoms with van der Waals surface area (Å²) in [7, 11) is 0. The normalized spacial score (nSPS) is 15.7. The van der Waals surface area contributed by atoms with Crippen molar-refractivity contribution in [2.24, 2.45) is 0 Å². The minimum absolute atomic E-state index is 0.0354. The van der Waals surface area contributed by atoms with Gasteiger partial charge in [0.1, 0.15) is 11.4 Å². The van der Waals surface area contributed by atoms with Crippen LogP contribution >= 0.6 is 15.9 Å². The van der Waals surface area contributed by atoms with E-state index in [4.69, 9.17) is 0 Å². The predicted octanol–water partition coefficient (Wildman–Crippen LogP) is 4.05. The van der Waals surface area contributed by atoms with Gasteiger partial charge < -0.3 is 4.57 Å². The maximum absolute atomic E-state index is 13.6. The third kappa shape index (κ3) is 3.62. The van der Waals surface area contributed by atoms with Gasteiger partial charge in [-0.05, 0) is 54.6 Å². The summed E-state index contributed by atoms with van der Waals surface area (Å²) < 4.78 is 16.2. The highest BCUT2D eigenvalue weighted by atomic mass is 79.9. The lowest BCUT2D eigenvalue weighted by molar-refractivity contribution is -0.122. The zero-order chi connectivity index (χ0) is 20.5. The van der Waals surface area contributed by atoms with E-state index in [2.05, 4.69) is 21.2 Å². The van der Waals surface area contributed by atoms with Gasteiger partial charge in [-0.2, -0.15) is 0 Å². The molecule has 0 spiro atoms. The molecule has 0 aliphatic carbocycles. The Morgan fingerprint density at radius 3 is 2.45 bits per heavy atom. The van der Waals surface area contributed by atoms with Crippen LogP contribution in [0.15, 0.2) is 76.9 Å². The van der Waals surface area contributed by atoms with Crippen LogP contribution in [-0.2, 0) is 9.59 Å². The molecule has 1 aliphatic rings. The van der Waals surface area contributed by atoms with E-state index in [0.29, 0.717) is 5.69 Å². The molecule has 1 saturated heterocycles. The molecule has 0 bridgehead atoms. The van der Waals surface area contributed by atoms with E-state index in [0.717, 1.165) is 21.1 Å². The van der Waals surface area contributed by atoms with Crippen LogP contribution in [0, 0.1) is 5.82 Å². The molecule has 1 aliphatic heterocycles. The summed E-state index contributed by atoms with van der Waals surface area (Å²) in [6, 6.07) is 15.1. The molecule has 0 unspecified atom stereocenters. The zero-order valence-electron chi connectivity index (χ0n) is 14.8. The zero-order valence-corrected chi connectivity index (χ0v) is 16.4. The van der Waals surface area contributed by atoms with Crippen molar-refractivity contribution in [1.82, 2.24) is 9.88 Å². The van der Waals surface area contributed by atoms with E-state index >= 15 is 0 Å². The molecule has 8 heteroatoms. The van der Waals surface area contributed by atoms with Crippen molar-refractivity contribution < 1.29 is 18.8 Å². The number of barbiturate groups is 1. The Labute approximate surface area is 173 Å². The van der Waals surface area contributed by atoms with E-state index < -0.39 is 23.7 Å². The second-order valence-corrected chi connectivity index (χ2v) is 7.14. The maximum Gasteiger partial charge on any atom is 0.335 e. The van der Waals surface area contributed by atoms with E-state index in [-0.39, 0.29) is 11.3 Å². The lowest BCUT2D eigenvalue weighted by Crippen LogP contribution is -2.54. The first-order valence-corrected chi connectivity index (χ1v) is 9.33. The number of carbonyl (C=O) groups is 3. The minimum atomic E-state index is -0.926. The molecule has 1 fully saturated rings. The molecule has 3 aromatic rings. The minimum Gasteiger partial charge on any atom is -0.317 e. The number of hydrogen-bond donors (Lipinski definition) is 1. The van der Waals surface area contributed by atoms with E-state index in [9.17, 15) is 18.8 Å². The topological polar surface area (TPSA) is 71.4 Å². The summed E-state index contributed by atoms with van der Waals surface area (Å²) >= 11 is 3.41. The van der Waals surface area contributed by atoms with Crippen molar-refractivity contribution in [3.63, 3.8) is 0 Å². The number of nitrogens with one attached hydrogen (secondary N) is 1. The van der Waals surface area contributed by atoms with Crippen molar-refractivity contribution in [2.75, 3.05) is 4.90 Å². The Bertz CT molecular complexity index is 1190. The number of aromatic nitrogens is 1. The van der Waals surface area contributed by atoms with Gasteiger partial charge in [0.25, 0.3) is 11.8 Å². The number of halogens is 2. The first kappa shape index (κ1) is 18.8. The van der Waals surface area contributed by atoms with Crippen LogP contribution in [0.1, 0.15) is 5.69 Å². The Hall–Kier alpha value is -3.52. The molecular weight excluding hydrogens is 441 g/mol. The van der Waals surface area contributed by atoms with Gasteiger partial charge in [0, 0.05) is 22.1 Å². The number of rotatable bonds is 3. The molecule has 2 aromatic carbocycles. The SMILES string of the molecule is O=C1NC(=O)N(c2cccc(F)c2)C(=O)/C1=C/c1cccn1-c1cccc(Br)c1. The number of urea groups is 1. The van der Waals surface area contributed by atoms with Crippen LogP contribution in [0.2, 0.25) is 0 Å². The Morgan fingerprint density at radius 2 is 1.69 bits per heavy atom. The molecule has 0 atom stereocenters. The highest BCUT2D eigenvalue weighted by molar-refractivity contribution is 9.10. The molecule has 6 nitrogen and oxygen atoms in total. The van der Waals surface area contributed by atoms with Crippen molar-refractivity contribution in [2.45, 2.75) is 0 Å². The quantitative estimate of drug-likeness (QED) is 0.480. The summed E-state index contributed by atoms with van der Waals surface area (Å²) in [5, 5.41) is 2.13. The van der Waals surface area contributed by atoms with Gasteiger partial charge in [-0.15, -0.1) is 0 Å². The number of nitrogens with zero attached hydrogens (tertiary/aromatic N) is 2. The second kappa shape index (κ2) is 7.48. The predicted molar refractivity (Wildman–Crippen MR) is 109 cm³/mol. The summed E-state index contributed by atoms with van der Waals surface area (Å²) in [5.41, 5.74) is 1.19. The Balaban J connectivity index is 1.76. The molecule has 2 heterocycles. The summed E-state index contributed by atoms with van der Waals surface area (Å²) in [6.07, 6.45) is 3.19. The summed E-state index contributed by atoms with van der Waals surface area (Å²) in [5.74, 6) is -2.24. The molecule has 0 radical (unpaired) electrons. The van der Waals surface area contributed by atoms with Crippen LogP contribution in [0.25, 0.3) is 11.8 Å². The van der Waals surface area contributed by atoms with Gasteiger partial charge in [-0.1, -0.05) is 28.1 Å². The number of hydrogen-bond acceptors (Lipinski definition) is 3. The molecule has 1 aromatic heterocycles. The number of carbonyl (C=O) groups excluding carboxylic acids is 3. The van der Waals surface area contributed by atoms with Crippen LogP contribution in [0.4, 0.5) is 14.9 Å². The molecule has 0 saturated carbocycles. The number of imide groups is 2. The number of amides is 4. The molecule has 4 rings (SSSR count). The fraction of sp³-hybridized carbons (Fsp3) is 0. The lowest BCUT2D eigenvalue weighted by Gasteiger charge is -2.26. The second-order valence-electron chi connectivity index (χ2n) is 6.22. The van der Waals surface area contributed by atoms with Gasteiger partial charge in [-0.25, -0.2) is 14.1 Å². The first-order chi connectivity index (χ1) is 13.9. The monoisotopic (exact) mass is 453 g/mol. The first-order valence-electron chi connectivity index (χ1n) is 8.54. The van der Waals surface area contributed by atoms with E-state index in [1.165, 1.54) is 24.3 Å². The fourth-order valence-corrected chi connectivity index (χ4v) is 3.42. The van der Waals surface area contributed by atoms with Crippen LogP contribution in [0.5, 0.6) is 0 Å². The highest BCUT2D eigenvalue weighted by Gasteiger charge is 2.37. The van der Waals surface area contributed by atoms with E-state index in [1.54, 1.807) is 22.9 Å². The standard InChI is InChI=1S/C21H13BrFN3O3/c22-13-4-1-6-15(10-13)25-9-3-8-16(25)12-18-19(27)24-21(29)26(20(18)28)17-7-2-5-14(23)11-17/h1-12H,(H,24,27,29)/b18-12+. The van der Waals surface area contributed by atoms with Crippen LogP contribution < -0.4 is 10.2 Å². The lowest BCUT2D eigenvalue weighted by atomic mass is 10.1. The van der Waals surface area contributed by atoms with E-state index in [1.807, 2.05) is 24.3 Å². The number of benzene rings is 2. The average Bonchev–Trinajstić information content (AvgIpc) is 3.13. The van der Waals surface area contributed by atoms with Crippen molar-refractivity contribution >= 4 is 45.5 Å². The largest absolute Gasteiger partial charge is 0.335 e. The third-order valence-corrected chi connectivity index (χ3v) is 4.82. The molecule has 4 amide bonds. The van der Waals surface area contributed by atoms with Crippen LogP contribution in [0.3, 0.4) is 0 Å². The molecule has 29 heavy (non-hydrogen) atoms. The molecular formula is C21H13BrFN3O3. The summed E-state index contributed by atoms with van der Waals surface area (Å²) in [4.78, 5) is 38.2. The smallest absolute Gasteiger partial charge is 0.317 e. The summed E-state index contributed by atoms with van der Waals surface area (Å²) in [6.45, 7) is 0. The number of anilines is 1. The average molecular weight is 454 g/mol.